The summed E-state index contributed by atoms with van der Waals surface area (Å²) in [4.78, 5) is 32.4. The topological polar surface area (TPSA) is 91.3 Å². The first-order valence-electron chi connectivity index (χ1n) is 11.1. The van der Waals surface area contributed by atoms with E-state index in [1.807, 2.05) is 24.3 Å². The van der Waals surface area contributed by atoms with E-state index in [0.29, 0.717) is 17.3 Å². The highest BCUT2D eigenvalue weighted by Crippen LogP contribution is 2.27. The Morgan fingerprint density at radius 3 is 2.82 bits per heavy atom. The van der Waals surface area contributed by atoms with Gasteiger partial charge in [0.25, 0.3) is 11.5 Å². The minimum absolute atomic E-state index is 0.0861. The molecule has 4 radical (unpaired) electrons. The van der Waals surface area contributed by atoms with Crippen LogP contribution >= 0.6 is 0 Å². The number of carbonyl (C=O) groups excluding carboxylic acids is 1. The normalized spacial score (nSPS) is 14.4. The SMILES string of the molecule is [B]C([B])(NCC1CCC1)c1cc2ccc(CNC(=O)c3cc(=O)n4ccccc4n3)cc2[nH]1. The monoisotopic (exact) mass is 435 g/mol. The van der Waals surface area contributed by atoms with Crippen LogP contribution in [-0.4, -0.2) is 42.5 Å². The highest BCUT2D eigenvalue weighted by molar-refractivity contribution is 6.39. The minimum atomic E-state index is -1.14. The minimum Gasteiger partial charge on any atom is -0.358 e. The Bertz CT molecular complexity index is 1390. The molecular weight excluding hydrogens is 412 g/mol. The molecule has 9 heteroatoms. The van der Waals surface area contributed by atoms with Crippen molar-refractivity contribution in [3.63, 3.8) is 0 Å². The van der Waals surface area contributed by atoms with Gasteiger partial charge in [0.05, 0.1) is 15.7 Å². The molecule has 0 unspecified atom stereocenters. The highest BCUT2D eigenvalue weighted by atomic mass is 16.2. The molecule has 4 aromatic rings. The van der Waals surface area contributed by atoms with Crippen LogP contribution in [0.25, 0.3) is 16.6 Å². The van der Waals surface area contributed by atoms with Gasteiger partial charge in [-0.2, -0.15) is 0 Å². The van der Waals surface area contributed by atoms with Gasteiger partial charge in [-0.05, 0) is 65.9 Å². The van der Waals surface area contributed by atoms with Gasteiger partial charge in [-0.3, -0.25) is 14.0 Å². The second-order valence-electron chi connectivity index (χ2n) is 8.74. The molecule has 1 fully saturated rings. The molecule has 5 rings (SSSR count). The summed E-state index contributed by atoms with van der Waals surface area (Å²) < 4.78 is 1.39. The van der Waals surface area contributed by atoms with Crippen molar-refractivity contribution in [1.82, 2.24) is 25.0 Å². The third kappa shape index (κ3) is 4.46. The van der Waals surface area contributed by atoms with Crippen molar-refractivity contribution in [2.75, 3.05) is 6.54 Å². The number of fused-ring (bicyclic) bond motifs is 2. The number of H-pyrrole nitrogens is 1. The average molecular weight is 435 g/mol. The van der Waals surface area contributed by atoms with Gasteiger partial charge in [0.15, 0.2) is 0 Å². The zero-order valence-electron chi connectivity index (χ0n) is 18.2. The number of amides is 1. The van der Waals surface area contributed by atoms with Gasteiger partial charge in [0.1, 0.15) is 11.3 Å². The number of aromatic nitrogens is 3. The van der Waals surface area contributed by atoms with Crippen molar-refractivity contribution < 1.29 is 4.79 Å². The standard InChI is InChI=1S/C24H23B2N5O2/c25-24(26,28-14-15-4-3-5-15)20-11-17-8-7-16(10-18(17)29-20)13-27-23(33)19-12-22(32)31-9-2-1-6-21(31)30-19/h1-2,6-12,15,28-29H,3-5,13-14H2,(H,27,33). The molecule has 0 atom stereocenters. The Kier molecular flexibility index (Phi) is 5.58. The number of carbonyl (C=O) groups is 1. The molecule has 1 aliphatic rings. The van der Waals surface area contributed by atoms with E-state index in [4.69, 9.17) is 15.7 Å². The summed E-state index contributed by atoms with van der Waals surface area (Å²) in [6.07, 6.45) is 5.32. The lowest BCUT2D eigenvalue weighted by molar-refractivity contribution is 0.0946. The van der Waals surface area contributed by atoms with E-state index < -0.39 is 11.2 Å². The van der Waals surface area contributed by atoms with Crippen molar-refractivity contribution in [3.05, 3.63) is 82.0 Å². The Hall–Kier alpha value is -3.32. The lowest BCUT2D eigenvalue weighted by Gasteiger charge is -2.33. The predicted molar refractivity (Wildman–Crippen MR) is 129 cm³/mol. The van der Waals surface area contributed by atoms with Crippen LogP contribution in [0.15, 0.2) is 59.5 Å². The second-order valence-corrected chi connectivity index (χ2v) is 8.74. The first-order chi connectivity index (χ1) is 15.9. The average Bonchev–Trinajstić information content (AvgIpc) is 3.21. The molecule has 7 nitrogen and oxygen atoms in total. The van der Waals surface area contributed by atoms with Crippen LogP contribution < -0.4 is 16.2 Å². The lowest BCUT2D eigenvalue weighted by Crippen LogP contribution is -2.46. The fraction of sp³-hybridized carbons (Fsp3) is 0.292. The van der Waals surface area contributed by atoms with E-state index in [2.05, 4.69) is 20.6 Å². The summed E-state index contributed by atoms with van der Waals surface area (Å²) in [5.41, 5.74) is 2.69. The van der Waals surface area contributed by atoms with Gasteiger partial charge in [-0.1, -0.05) is 24.6 Å². The first-order valence-corrected chi connectivity index (χ1v) is 11.1. The van der Waals surface area contributed by atoms with E-state index in [0.717, 1.165) is 23.0 Å². The zero-order chi connectivity index (χ0) is 23.0. The van der Waals surface area contributed by atoms with Crippen LogP contribution in [0.5, 0.6) is 0 Å². The smallest absolute Gasteiger partial charge is 0.270 e. The van der Waals surface area contributed by atoms with E-state index in [1.165, 1.54) is 29.7 Å². The number of hydrogen-bond acceptors (Lipinski definition) is 4. The molecule has 1 saturated carbocycles. The maximum absolute atomic E-state index is 12.6. The van der Waals surface area contributed by atoms with Crippen LogP contribution in [0.3, 0.4) is 0 Å². The molecular formula is C24H23B2N5O2. The van der Waals surface area contributed by atoms with Crippen molar-refractivity contribution in [2.24, 2.45) is 5.92 Å². The van der Waals surface area contributed by atoms with Crippen LogP contribution in [0.4, 0.5) is 0 Å². The third-order valence-electron chi connectivity index (χ3n) is 6.30. The summed E-state index contributed by atoms with van der Waals surface area (Å²) in [7, 11) is 12.7. The van der Waals surface area contributed by atoms with Crippen LogP contribution in [0.2, 0.25) is 0 Å². The highest BCUT2D eigenvalue weighted by Gasteiger charge is 2.24. The molecule has 3 heterocycles. The summed E-state index contributed by atoms with van der Waals surface area (Å²) in [6.45, 7) is 1.08. The summed E-state index contributed by atoms with van der Waals surface area (Å²) in [5, 5.41) is 5.93. The third-order valence-corrected chi connectivity index (χ3v) is 6.30. The van der Waals surface area contributed by atoms with Crippen LogP contribution in [0.1, 0.15) is 41.0 Å². The van der Waals surface area contributed by atoms with Crippen molar-refractivity contribution in [2.45, 2.75) is 31.1 Å². The molecule has 1 amide bonds. The van der Waals surface area contributed by atoms with Crippen LogP contribution in [0, 0.1) is 5.92 Å². The number of aromatic amines is 1. The quantitative estimate of drug-likeness (QED) is 0.387. The molecule has 1 aliphatic carbocycles. The number of nitrogens with zero attached hydrogens (tertiary/aromatic N) is 2. The number of benzene rings is 1. The Morgan fingerprint density at radius 2 is 2.03 bits per heavy atom. The van der Waals surface area contributed by atoms with E-state index in [-0.39, 0.29) is 17.8 Å². The van der Waals surface area contributed by atoms with Crippen LogP contribution in [-0.2, 0) is 11.9 Å². The van der Waals surface area contributed by atoms with Gasteiger partial charge in [0, 0.05) is 30.0 Å². The molecule has 0 bridgehead atoms. The molecule has 3 aromatic heterocycles. The molecule has 1 aromatic carbocycles. The number of nitrogens with one attached hydrogen (secondary N) is 3. The van der Waals surface area contributed by atoms with Crippen molar-refractivity contribution in [1.29, 1.82) is 0 Å². The zero-order valence-corrected chi connectivity index (χ0v) is 18.2. The van der Waals surface area contributed by atoms with Gasteiger partial charge >= 0.3 is 0 Å². The first kappa shape index (κ1) is 21.5. The van der Waals surface area contributed by atoms with E-state index >= 15 is 0 Å². The molecule has 3 N–H and O–H groups in total. The molecule has 33 heavy (non-hydrogen) atoms. The largest absolute Gasteiger partial charge is 0.358 e. The van der Waals surface area contributed by atoms with Crippen molar-refractivity contribution in [3.8, 4) is 0 Å². The number of rotatable bonds is 7. The number of pyridine rings is 1. The molecule has 162 valence electrons. The second kappa shape index (κ2) is 8.56. The number of hydrogen-bond donors (Lipinski definition) is 3. The van der Waals surface area contributed by atoms with E-state index in [1.54, 1.807) is 24.4 Å². The molecule has 0 saturated heterocycles. The maximum atomic E-state index is 12.6. The van der Waals surface area contributed by atoms with Crippen molar-refractivity contribution >= 4 is 38.1 Å². The summed E-state index contributed by atoms with van der Waals surface area (Å²) in [5.74, 6) is 0.235. The van der Waals surface area contributed by atoms with Gasteiger partial charge in [-0.25, -0.2) is 4.98 Å². The molecule has 0 spiro atoms. The predicted octanol–water partition coefficient (Wildman–Crippen LogP) is 1.94. The maximum Gasteiger partial charge on any atom is 0.270 e. The molecule has 0 aliphatic heterocycles. The Balaban J connectivity index is 1.28. The van der Waals surface area contributed by atoms with E-state index in [9.17, 15) is 9.59 Å². The fourth-order valence-corrected chi connectivity index (χ4v) is 4.06. The summed E-state index contributed by atoms with van der Waals surface area (Å²) in [6, 6.07) is 14.2. The van der Waals surface area contributed by atoms with Gasteiger partial charge < -0.3 is 15.6 Å². The fourth-order valence-electron chi connectivity index (χ4n) is 4.06. The Morgan fingerprint density at radius 1 is 1.18 bits per heavy atom. The summed E-state index contributed by atoms with van der Waals surface area (Å²) >= 11 is 0. The van der Waals surface area contributed by atoms with Gasteiger partial charge in [0.2, 0.25) is 0 Å². The van der Waals surface area contributed by atoms with Gasteiger partial charge in [-0.15, -0.1) is 0 Å². The Labute approximate surface area is 193 Å². The lowest BCUT2D eigenvalue weighted by atomic mass is 9.59.